The second-order valence-electron chi connectivity index (χ2n) is 12.7. The molecule has 0 unspecified atom stereocenters. The zero-order valence-electron chi connectivity index (χ0n) is 28.2. The van der Waals surface area contributed by atoms with Crippen molar-refractivity contribution < 1.29 is 53.6 Å². The minimum absolute atomic E-state index is 0.0828. The van der Waals surface area contributed by atoms with Crippen molar-refractivity contribution in [3.8, 4) is 0 Å². The summed E-state index contributed by atoms with van der Waals surface area (Å²) in [6.07, 6.45) is -12.0. The molecular weight excluding hydrogens is 656 g/mol. The molecule has 10 atom stereocenters. The standard InChI is InChI=1S/C40H46O11/c41-21-31-33(42)34(43)35(44)39(49-31)51-40-38(48-25-30-19-11-4-12-20-30)37(47-24-29-17-9-3-10-18-29)36(46-23-28-15-7-2-8-16-28)32(50-40)26-45-22-27-13-5-1-6-14-27/h1-20,31-44H,21-26H2/t31-,32-,33-,34+,35-,36-,37+,38-,39-,40+/m1/s1. The number of ether oxygens (including phenoxy) is 7. The highest BCUT2D eigenvalue weighted by molar-refractivity contribution is 5.16. The van der Waals surface area contributed by atoms with Crippen molar-refractivity contribution in [2.45, 2.75) is 87.8 Å². The fourth-order valence-corrected chi connectivity index (χ4v) is 6.17. The summed E-state index contributed by atoms with van der Waals surface area (Å²) in [5, 5.41) is 41.8. The van der Waals surface area contributed by atoms with Gasteiger partial charge in [0.2, 0.25) is 0 Å². The van der Waals surface area contributed by atoms with Crippen LogP contribution < -0.4 is 0 Å². The Labute approximate surface area is 297 Å². The third-order valence-corrected chi connectivity index (χ3v) is 8.96. The van der Waals surface area contributed by atoms with Crippen LogP contribution in [0.5, 0.6) is 0 Å². The number of aliphatic hydroxyl groups excluding tert-OH is 4. The first-order valence-corrected chi connectivity index (χ1v) is 17.2. The van der Waals surface area contributed by atoms with Crippen LogP contribution in [0.1, 0.15) is 22.3 Å². The summed E-state index contributed by atoms with van der Waals surface area (Å²) in [7, 11) is 0. The van der Waals surface area contributed by atoms with E-state index in [1.807, 2.05) is 121 Å². The lowest BCUT2D eigenvalue weighted by Crippen LogP contribution is -2.65. The molecule has 2 aliphatic rings. The van der Waals surface area contributed by atoms with Gasteiger partial charge in [0.25, 0.3) is 0 Å². The lowest BCUT2D eigenvalue weighted by molar-refractivity contribution is -0.386. The Bertz CT molecular complexity index is 1550. The van der Waals surface area contributed by atoms with Crippen LogP contribution in [0, 0.1) is 0 Å². The SMILES string of the molecule is OC[C@H]1O[C@H](O[C@@H]2O[C@H](COCc3ccccc3)[C@@H](OCc3ccccc3)[C@H](OCc3ccccc3)[C@H]2OCc2ccccc2)[C@H](O)[C@@H](O)[C@@H]1O. The molecule has 0 aliphatic carbocycles. The second kappa shape index (κ2) is 18.8. The van der Waals surface area contributed by atoms with Gasteiger partial charge in [-0.2, -0.15) is 0 Å². The van der Waals surface area contributed by atoms with Gasteiger partial charge in [0, 0.05) is 0 Å². The molecule has 11 nitrogen and oxygen atoms in total. The van der Waals surface area contributed by atoms with E-state index >= 15 is 0 Å². The Kier molecular flexibility index (Phi) is 13.7. The Morgan fingerprint density at radius 2 is 0.882 bits per heavy atom. The van der Waals surface area contributed by atoms with Crippen molar-refractivity contribution in [2.75, 3.05) is 13.2 Å². The molecule has 0 amide bonds. The molecule has 4 aromatic rings. The van der Waals surface area contributed by atoms with Crippen LogP contribution in [0.2, 0.25) is 0 Å². The molecule has 2 saturated heterocycles. The van der Waals surface area contributed by atoms with Gasteiger partial charge in [-0.05, 0) is 22.3 Å². The molecule has 2 aliphatic heterocycles. The fraction of sp³-hybridized carbons (Fsp3) is 0.400. The smallest absolute Gasteiger partial charge is 0.190 e. The fourth-order valence-electron chi connectivity index (χ4n) is 6.17. The summed E-state index contributed by atoms with van der Waals surface area (Å²) in [6, 6.07) is 38.8. The monoisotopic (exact) mass is 702 g/mol. The molecule has 6 rings (SSSR count). The Morgan fingerprint density at radius 1 is 0.451 bits per heavy atom. The molecule has 0 saturated carbocycles. The molecule has 51 heavy (non-hydrogen) atoms. The van der Waals surface area contributed by atoms with Gasteiger partial charge >= 0.3 is 0 Å². The van der Waals surface area contributed by atoms with E-state index < -0.39 is 68.0 Å². The Hall–Kier alpha value is -3.56. The van der Waals surface area contributed by atoms with Gasteiger partial charge in [0.05, 0.1) is 39.6 Å². The third-order valence-electron chi connectivity index (χ3n) is 8.96. The van der Waals surface area contributed by atoms with E-state index in [0.29, 0.717) is 6.61 Å². The van der Waals surface area contributed by atoms with Gasteiger partial charge in [0.1, 0.15) is 48.8 Å². The topological polar surface area (TPSA) is 146 Å². The van der Waals surface area contributed by atoms with Gasteiger partial charge < -0.3 is 53.6 Å². The molecule has 2 fully saturated rings. The van der Waals surface area contributed by atoms with E-state index in [2.05, 4.69) is 0 Å². The predicted molar refractivity (Wildman–Crippen MR) is 185 cm³/mol. The summed E-state index contributed by atoms with van der Waals surface area (Å²) in [4.78, 5) is 0. The van der Waals surface area contributed by atoms with E-state index in [4.69, 9.17) is 33.2 Å². The van der Waals surface area contributed by atoms with E-state index in [-0.39, 0.29) is 26.4 Å². The number of rotatable bonds is 16. The lowest BCUT2D eigenvalue weighted by atomic mass is 9.97. The summed E-state index contributed by atoms with van der Waals surface area (Å²) in [5.74, 6) is 0. The summed E-state index contributed by atoms with van der Waals surface area (Å²) >= 11 is 0. The van der Waals surface area contributed by atoms with Gasteiger partial charge in [-0.15, -0.1) is 0 Å². The third kappa shape index (κ3) is 10.1. The first-order valence-electron chi connectivity index (χ1n) is 17.2. The average molecular weight is 703 g/mol. The Morgan fingerprint density at radius 3 is 1.37 bits per heavy atom. The van der Waals surface area contributed by atoms with Crippen LogP contribution in [0.25, 0.3) is 0 Å². The van der Waals surface area contributed by atoms with E-state index in [0.717, 1.165) is 22.3 Å². The lowest BCUT2D eigenvalue weighted by Gasteiger charge is -2.48. The molecule has 272 valence electrons. The zero-order chi connectivity index (χ0) is 35.4. The Balaban J connectivity index is 1.33. The maximum Gasteiger partial charge on any atom is 0.190 e. The maximum atomic E-state index is 10.9. The molecule has 0 aromatic heterocycles. The van der Waals surface area contributed by atoms with Crippen LogP contribution >= 0.6 is 0 Å². The summed E-state index contributed by atoms with van der Waals surface area (Å²) in [6.45, 7) is 0.409. The van der Waals surface area contributed by atoms with Gasteiger partial charge in [-0.1, -0.05) is 121 Å². The number of aliphatic hydroxyl groups is 4. The number of benzene rings is 4. The van der Waals surface area contributed by atoms with Crippen molar-refractivity contribution in [1.82, 2.24) is 0 Å². The molecule has 2 heterocycles. The largest absolute Gasteiger partial charge is 0.394 e. The molecule has 0 radical (unpaired) electrons. The quantitative estimate of drug-likeness (QED) is 0.136. The van der Waals surface area contributed by atoms with Crippen molar-refractivity contribution in [2.24, 2.45) is 0 Å². The van der Waals surface area contributed by atoms with Crippen LogP contribution in [-0.2, 0) is 59.6 Å². The first kappa shape index (κ1) is 37.2. The second-order valence-corrected chi connectivity index (χ2v) is 12.7. The van der Waals surface area contributed by atoms with Crippen LogP contribution in [-0.4, -0.2) is 95.1 Å². The summed E-state index contributed by atoms with van der Waals surface area (Å²) < 4.78 is 44.8. The highest BCUT2D eigenvalue weighted by Gasteiger charge is 2.52. The normalized spacial score (nSPS) is 29.5. The molecule has 0 bridgehead atoms. The van der Waals surface area contributed by atoms with Gasteiger partial charge in [-0.3, -0.25) is 0 Å². The van der Waals surface area contributed by atoms with Crippen molar-refractivity contribution in [1.29, 1.82) is 0 Å². The highest BCUT2D eigenvalue weighted by Crippen LogP contribution is 2.34. The van der Waals surface area contributed by atoms with Crippen molar-refractivity contribution in [3.05, 3.63) is 144 Å². The van der Waals surface area contributed by atoms with Gasteiger partial charge in [-0.25, -0.2) is 0 Å². The van der Waals surface area contributed by atoms with E-state index in [1.54, 1.807) is 0 Å². The first-order chi connectivity index (χ1) is 25.0. The zero-order valence-corrected chi connectivity index (χ0v) is 28.2. The van der Waals surface area contributed by atoms with Crippen molar-refractivity contribution >= 4 is 0 Å². The molecule has 0 spiro atoms. The minimum Gasteiger partial charge on any atom is -0.394 e. The molecule has 4 aromatic carbocycles. The van der Waals surface area contributed by atoms with Crippen LogP contribution in [0.4, 0.5) is 0 Å². The predicted octanol–water partition coefficient (Wildman–Crippen LogP) is 3.50. The van der Waals surface area contributed by atoms with E-state index in [9.17, 15) is 20.4 Å². The maximum absolute atomic E-state index is 10.9. The molecular formula is C40H46O11. The average Bonchev–Trinajstić information content (AvgIpc) is 3.18. The summed E-state index contributed by atoms with van der Waals surface area (Å²) in [5.41, 5.74) is 3.74. The highest BCUT2D eigenvalue weighted by atomic mass is 16.8. The minimum atomic E-state index is -1.66. The van der Waals surface area contributed by atoms with Crippen molar-refractivity contribution in [3.63, 3.8) is 0 Å². The molecule has 4 N–H and O–H groups in total. The van der Waals surface area contributed by atoms with Crippen LogP contribution in [0.15, 0.2) is 121 Å². The number of hydrogen-bond acceptors (Lipinski definition) is 11. The molecule has 11 heteroatoms. The van der Waals surface area contributed by atoms with Gasteiger partial charge in [0.15, 0.2) is 12.6 Å². The van der Waals surface area contributed by atoms with Crippen LogP contribution in [0.3, 0.4) is 0 Å². The van der Waals surface area contributed by atoms with E-state index in [1.165, 1.54) is 0 Å². The number of hydrogen-bond donors (Lipinski definition) is 4.